The molecule has 7 heteroatoms. The van der Waals surface area contributed by atoms with E-state index in [-0.39, 0.29) is 24.3 Å². The van der Waals surface area contributed by atoms with E-state index in [4.69, 9.17) is 0 Å². The fourth-order valence-electron chi connectivity index (χ4n) is 2.76. The van der Waals surface area contributed by atoms with Gasteiger partial charge in [-0.1, -0.05) is 30.3 Å². The summed E-state index contributed by atoms with van der Waals surface area (Å²) in [6.45, 7) is 0.195. The van der Waals surface area contributed by atoms with Gasteiger partial charge in [-0.3, -0.25) is 28.4 Å². The molecular formula is C16H15N3O4. The lowest BCUT2D eigenvalue weighted by Crippen LogP contribution is -2.49. The largest absolute Gasteiger partial charge is 0.332 e. The summed E-state index contributed by atoms with van der Waals surface area (Å²) in [5, 5.41) is 0. The van der Waals surface area contributed by atoms with E-state index in [2.05, 4.69) is 0 Å². The molecule has 0 unspecified atom stereocenters. The molecule has 3 rings (SSSR count). The number of Topliss-reactive ketones (excluding diaryl/α,β-unsaturated/α-hetero) is 1. The molecule has 0 N–H and O–H groups in total. The normalized spacial score (nSPS) is 14.1. The summed E-state index contributed by atoms with van der Waals surface area (Å²) >= 11 is 0. The zero-order valence-corrected chi connectivity index (χ0v) is 12.8. The number of amides is 1. The molecule has 2 heterocycles. The number of hydrogen-bond donors (Lipinski definition) is 0. The molecule has 0 fully saturated rings. The molecule has 0 atom stereocenters. The first-order valence-corrected chi connectivity index (χ1v) is 7.09. The number of hydrogen-bond acceptors (Lipinski definition) is 4. The molecule has 0 bridgehead atoms. The molecule has 1 aromatic carbocycles. The molecule has 0 radical (unpaired) electrons. The lowest BCUT2D eigenvalue weighted by molar-refractivity contribution is -0.118. The van der Waals surface area contributed by atoms with Gasteiger partial charge in [0.2, 0.25) is 5.91 Å². The van der Waals surface area contributed by atoms with Gasteiger partial charge in [0, 0.05) is 14.1 Å². The van der Waals surface area contributed by atoms with Gasteiger partial charge >= 0.3 is 5.69 Å². The second-order valence-electron chi connectivity index (χ2n) is 5.47. The van der Waals surface area contributed by atoms with Crippen LogP contribution in [0, 0.1) is 0 Å². The highest BCUT2D eigenvalue weighted by molar-refractivity contribution is 6.18. The molecule has 1 aliphatic heterocycles. The van der Waals surface area contributed by atoms with Crippen molar-refractivity contribution < 1.29 is 9.59 Å². The SMILES string of the molecule is Cn1c2c(c(=O)n(C)c1=O)C(=O)CC(=O)N2Cc1ccccc1. The van der Waals surface area contributed by atoms with E-state index in [0.717, 1.165) is 10.1 Å². The highest BCUT2D eigenvalue weighted by atomic mass is 16.2. The van der Waals surface area contributed by atoms with E-state index < -0.39 is 22.9 Å². The molecular weight excluding hydrogens is 298 g/mol. The summed E-state index contributed by atoms with van der Waals surface area (Å²) in [4.78, 5) is 50.2. The Morgan fingerprint density at radius 3 is 2.26 bits per heavy atom. The maximum atomic E-state index is 12.3. The van der Waals surface area contributed by atoms with Gasteiger partial charge in [-0.05, 0) is 5.56 Å². The van der Waals surface area contributed by atoms with E-state index in [1.807, 2.05) is 30.3 Å². The van der Waals surface area contributed by atoms with Crippen molar-refractivity contribution in [3.05, 3.63) is 62.3 Å². The topological polar surface area (TPSA) is 81.4 Å². The average molecular weight is 313 g/mol. The Hall–Kier alpha value is -2.96. The number of nitrogens with zero attached hydrogens (tertiary/aromatic N) is 3. The second kappa shape index (κ2) is 5.35. The first kappa shape index (κ1) is 15.0. The molecule has 0 spiro atoms. The Kier molecular flexibility index (Phi) is 3.48. The van der Waals surface area contributed by atoms with E-state index in [1.54, 1.807) is 0 Å². The van der Waals surface area contributed by atoms with Crippen LogP contribution >= 0.6 is 0 Å². The van der Waals surface area contributed by atoms with Crippen LogP contribution in [0.4, 0.5) is 5.82 Å². The molecule has 23 heavy (non-hydrogen) atoms. The number of carbonyl (C=O) groups excluding carboxylic acids is 2. The van der Waals surface area contributed by atoms with Crippen molar-refractivity contribution in [3.8, 4) is 0 Å². The van der Waals surface area contributed by atoms with Gasteiger partial charge in [0.15, 0.2) is 5.78 Å². The number of fused-ring (bicyclic) bond motifs is 1. The summed E-state index contributed by atoms with van der Waals surface area (Å²) < 4.78 is 2.06. The highest BCUT2D eigenvalue weighted by Gasteiger charge is 2.35. The fraction of sp³-hybridized carbons (Fsp3) is 0.250. The van der Waals surface area contributed by atoms with Crippen LogP contribution in [0.25, 0.3) is 0 Å². The maximum absolute atomic E-state index is 12.3. The van der Waals surface area contributed by atoms with Crippen LogP contribution in [0.15, 0.2) is 39.9 Å². The standard InChI is InChI=1S/C16H15N3O4/c1-17-14-13(15(22)18(2)16(17)23)11(20)8-12(21)19(14)9-10-6-4-3-5-7-10/h3-7H,8-9H2,1-2H3. The third-order valence-corrected chi connectivity index (χ3v) is 3.96. The smallest absolute Gasteiger partial charge is 0.293 e. The molecule has 1 aliphatic rings. The third-order valence-electron chi connectivity index (χ3n) is 3.96. The van der Waals surface area contributed by atoms with Crippen molar-refractivity contribution in [1.29, 1.82) is 0 Å². The Morgan fingerprint density at radius 2 is 1.61 bits per heavy atom. The number of anilines is 1. The van der Waals surface area contributed by atoms with Crippen LogP contribution in [0.1, 0.15) is 22.3 Å². The minimum absolute atomic E-state index is 0.0724. The molecule has 1 aromatic heterocycles. The number of aromatic nitrogens is 2. The highest BCUT2D eigenvalue weighted by Crippen LogP contribution is 2.25. The summed E-state index contributed by atoms with van der Waals surface area (Å²) in [5.41, 5.74) is -0.507. The van der Waals surface area contributed by atoms with Gasteiger partial charge < -0.3 is 0 Å². The van der Waals surface area contributed by atoms with E-state index in [1.165, 1.54) is 23.6 Å². The Labute approximate surface area is 131 Å². The summed E-state index contributed by atoms with van der Waals surface area (Å²) in [5.74, 6) is -0.900. The van der Waals surface area contributed by atoms with E-state index >= 15 is 0 Å². The van der Waals surface area contributed by atoms with E-state index in [0.29, 0.717) is 0 Å². The molecule has 0 saturated heterocycles. The quantitative estimate of drug-likeness (QED) is 0.742. The summed E-state index contributed by atoms with van der Waals surface area (Å²) in [6, 6.07) is 9.19. The van der Waals surface area contributed by atoms with Crippen LogP contribution < -0.4 is 16.1 Å². The minimum atomic E-state index is -0.668. The first-order chi connectivity index (χ1) is 10.9. The van der Waals surface area contributed by atoms with Gasteiger partial charge in [0.1, 0.15) is 11.4 Å². The lowest BCUT2D eigenvalue weighted by Gasteiger charge is -2.30. The second-order valence-corrected chi connectivity index (χ2v) is 5.47. The number of rotatable bonds is 2. The van der Waals surface area contributed by atoms with E-state index in [9.17, 15) is 19.2 Å². The Bertz CT molecular complexity index is 925. The molecule has 118 valence electrons. The summed E-state index contributed by atoms with van der Waals surface area (Å²) in [6.07, 6.45) is -0.368. The van der Waals surface area contributed by atoms with Gasteiger partial charge in [0.05, 0.1) is 13.0 Å². The maximum Gasteiger partial charge on any atom is 0.332 e. The lowest BCUT2D eigenvalue weighted by atomic mass is 10.0. The van der Waals surface area contributed by atoms with Crippen LogP contribution in [-0.2, 0) is 25.4 Å². The van der Waals surface area contributed by atoms with Crippen LogP contribution in [0.3, 0.4) is 0 Å². The zero-order chi connectivity index (χ0) is 16.7. The Morgan fingerprint density at radius 1 is 0.957 bits per heavy atom. The molecule has 2 aromatic rings. The molecule has 0 aliphatic carbocycles. The van der Waals surface area contributed by atoms with Gasteiger partial charge in [-0.25, -0.2) is 4.79 Å². The zero-order valence-electron chi connectivity index (χ0n) is 12.8. The van der Waals surface area contributed by atoms with Crippen molar-refractivity contribution in [3.63, 3.8) is 0 Å². The van der Waals surface area contributed by atoms with Crippen LogP contribution in [-0.4, -0.2) is 20.8 Å². The van der Waals surface area contributed by atoms with Crippen molar-refractivity contribution in [2.45, 2.75) is 13.0 Å². The van der Waals surface area contributed by atoms with Crippen LogP contribution in [0.5, 0.6) is 0 Å². The average Bonchev–Trinajstić information content (AvgIpc) is 2.54. The number of benzene rings is 1. The van der Waals surface area contributed by atoms with Crippen molar-refractivity contribution in [2.24, 2.45) is 14.1 Å². The van der Waals surface area contributed by atoms with Gasteiger partial charge in [-0.2, -0.15) is 0 Å². The van der Waals surface area contributed by atoms with Gasteiger partial charge in [0.25, 0.3) is 5.56 Å². The predicted octanol–water partition coefficient (Wildman–Crippen LogP) is 0.204. The Balaban J connectivity index is 2.24. The fourth-order valence-corrected chi connectivity index (χ4v) is 2.76. The number of ketones is 1. The predicted molar refractivity (Wildman–Crippen MR) is 83.5 cm³/mol. The summed E-state index contributed by atoms with van der Waals surface area (Å²) in [7, 11) is 2.76. The van der Waals surface area contributed by atoms with Crippen molar-refractivity contribution in [1.82, 2.24) is 9.13 Å². The third kappa shape index (κ3) is 2.30. The molecule has 7 nitrogen and oxygen atoms in total. The minimum Gasteiger partial charge on any atom is -0.293 e. The first-order valence-electron chi connectivity index (χ1n) is 7.09. The molecule has 1 amide bonds. The molecule has 0 saturated carbocycles. The van der Waals surface area contributed by atoms with Gasteiger partial charge in [-0.15, -0.1) is 0 Å². The van der Waals surface area contributed by atoms with Crippen LogP contribution in [0.2, 0.25) is 0 Å². The monoisotopic (exact) mass is 313 g/mol. The number of carbonyl (C=O) groups is 2. The van der Waals surface area contributed by atoms with Crippen molar-refractivity contribution >= 4 is 17.5 Å². The van der Waals surface area contributed by atoms with Crippen molar-refractivity contribution in [2.75, 3.05) is 4.90 Å².